The van der Waals surface area contributed by atoms with Crippen molar-refractivity contribution in [1.29, 1.82) is 5.41 Å². The lowest BCUT2D eigenvalue weighted by molar-refractivity contribution is -0.133. The summed E-state index contributed by atoms with van der Waals surface area (Å²) in [7, 11) is -4.26. The van der Waals surface area contributed by atoms with Crippen molar-refractivity contribution in [3.8, 4) is 0 Å². The van der Waals surface area contributed by atoms with Crippen LogP contribution >= 0.6 is 0 Å². The minimum Gasteiger partial charge on any atom is -0.373 e. The van der Waals surface area contributed by atoms with Gasteiger partial charge in [0.05, 0.1) is 24.0 Å². The third kappa shape index (κ3) is 6.79. The van der Waals surface area contributed by atoms with E-state index in [4.69, 9.17) is 15.9 Å². The van der Waals surface area contributed by atoms with E-state index in [1.54, 1.807) is 17.0 Å². The number of sulfone groups is 1. The van der Waals surface area contributed by atoms with Crippen molar-refractivity contribution in [1.82, 2.24) is 35.7 Å². The second-order valence-electron chi connectivity index (χ2n) is 10.2. The second-order valence-corrected chi connectivity index (χ2v) is 12.4. The van der Waals surface area contributed by atoms with Crippen LogP contribution in [-0.4, -0.2) is 107 Å². The molecular formula is C26H33N9O5S. The van der Waals surface area contributed by atoms with Crippen molar-refractivity contribution in [2.75, 3.05) is 32.8 Å². The molecule has 2 unspecified atom stereocenters. The smallest absolute Gasteiger partial charge is 0.242 e. The Morgan fingerprint density at radius 2 is 2.00 bits per heavy atom. The molecule has 2 heterocycles. The third-order valence-corrected chi connectivity index (χ3v) is 9.35. The average molecular weight is 584 g/mol. The fourth-order valence-corrected chi connectivity index (χ4v) is 6.57. The Labute approximate surface area is 237 Å². The molecule has 1 saturated heterocycles. The average Bonchev–Trinajstić information content (AvgIpc) is 3.68. The molecule has 1 saturated carbocycles. The van der Waals surface area contributed by atoms with Gasteiger partial charge in [0.25, 0.3) is 0 Å². The number of nitrogens with one attached hydrogen (secondary N) is 3. The molecule has 15 heteroatoms. The topological polar surface area (TPSA) is 200 Å². The van der Waals surface area contributed by atoms with Gasteiger partial charge >= 0.3 is 0 Å². The number of hydrogen-bond acceptors (Lipinski definition) is 9. The van der Waals surface area contributed by atoms with Crippen LogP contribution in [0.3, 0.4) is 0 Å². The summed E-state index contributed by atoms with van der Waals surface area (Å²) < 4.78 is 33.7. The molecule has 5 N–H and O–H groups in total. The van der Waals surface area contributed by atoms with E-state index in [0.717, 1.165) is 18.2 Å². The number of guanidine groups is 1. The predicted octanol–water partition coefficient (Wildman–Crippen LogP) is -0.171. The lowest BCUT2D eigenvalue weighted by atomic mass is 10.1. The van der Waals surface area contributed by atoms with Crippen molar-refractivity contribution < 1.29 is 22.7 Å². The number of benzene rings is 2. The number of morpholine rings is 1. The molecule has 0 radical (unpaired) electrons. The zero-order valence-electron chi connectivity index (χ0n) is 22.4. The van der Waals surface area contributed by atoms with E-state index in [-0.39, 0.29) is 30.0 Å². The summed E-state index contributed by atoms with van der Waals surface area (Å²) in [5.41, 5.74) is 5.58. The van der Waals surface area contributed by atoms with Crippen molar-refractivity contribution >= 4 is 38.4 Å². The van der Waals surface area contributed by atoms with Gasteiger partial charge in [-0.3, -0.25) is 15.0 Å². The van der Waals surface area contributed by atoms with Gasteiger partial charge in [0.1, 0.15) is 5.82 Å². The highest BCUT2D eigenvalue weighted by Crippen LogP contribution is 2.31. The number of tetrazole rings is 1. The second kappa shape index (κ2) is 12.2. The highest BCUT2D eigenvalue weighted by atomic mass is 32.2. The minimum absolute atomic E-state index is 0.0229. The number of ether oxygens (including phenoxy) is 1. The van der Waals surface area contributed by atoms with Crippen LogP contribution in [0, 0.1) is 5.41 Å². The first kappa shape index (κ1) is 28.4. The summed E-state index contributed by atoms with van der Waals surface area (Å²) in [4.78, 5) is 30.3. The van der Waals surface area contributed by atoms with E-state index in [0.29, 0.717) is 37.3 Å². The maximum atomic E-state index is 14.0. The molecule has 14 nitrogen and oxygen atoms in total. The molecule has 2 fully saturated rings. The zero-order chi connectivity index (χ0) is 29.0. The van der Waals surface area contributed by atoms with Crippen LogP contribution in [-0.2, 0) is 30.6 Å². The lowest BCUT2D eigenvalue weighted by Gasteiger charge is -2.33. The van der Waals surface area contributed by atoms with Crippen LogP contribution in [0.1, 0.15) is 25.1 Å². The number of H-pyrrole nitrogens is 1. The number of fused-ring (bicyclic) bond motifs is 1. The van der Waals surface area contributed by atoms with Gasteiger partial charge in [-0.2, -0.15) is 0 Å². The van der Waals surface area contributed by atoms with Crippen molar-refractivity contribution in [3.05, 3.63) is 48.3 Å². The number of nitrogens with zero attached hydrogens (tertiary/aromatic N) is 5. The molecule has 218 valence electrons. The number of rotatable bonds is 11. The number of carbonyl (C=O) groups is 2. The summed E-state index contributed by atoms with van der Waals surface area (Å²) in [6, 6.07) is 11.9. The molecule has 2 aromatic carbocycles. The maximum Gasteiger partial charge on any atom is 0.242 e. The normalized spacial score (nSPS) is 18.1. The zero-order valence-corrected chi connectivity index (χ0v) is 23.2. The van der Waals surface area contributed by atoms with Gasteiger partial charge in [-0.25, -0.2) is 13.5 Å². The number of nitrogens with two attached hydrogens (primary N) is 1. The van der Waals surface area contributed by atoms with Gasteiger partial charge in [-0.1, -0.05) is 30.3 Å². The molecule has 0 spiro atoms. The molecule has 5 rings (SSSR count). The molecular weight excluding hydrogens is 550 g/mol. The molecule has 2 aliphatic rings. The first-order valence-electron chi connectivity index (χ1n) is 13.5. The fourth-order valence-electron chi connectivity index (χ4n) is 4.92. The number of aromatic amines is 1. The van der Waals surface area contributed by atoms with Crippen LogP contribution in [0.25, 0.3) is 10.8 Å². The summed E-state index contributed by atoms with van der Waals surface area (Å²) in [5.74, 6) is -0.827. The van der Waals surface area contributed by atoms with E-state index in [9.17, 15) is 18.0 Å². The first-order valence-corrected chi connectivity index (χ1v) is 15.0. The molecule has 2 atom stereocenters. The minimum atomic E-state index is -4.26. The quantitative estimate of drug-likeness (QED) is 0.173. The number of amides is 2. The third-order valence-electron chi connectivity index (χ3n) is 7.33. The summed E-state index contributed by atoms with van der Waals surface area (Å²) >= 11 is 0. The molecule has 1 aliphatic heterocycles. The largest absolute Gasteiger partial charge is 0.373 e. The van der Waals surface area contributed by atoms with E-state index < -0.39 is 39.4 Å². The molecule has 0 bridgehead atoms. The van der Waals surface area contributed by atoms with Crippen LogP contribution in [0.15, 0.2) is 47.4 Å². The molecule has 1 aromatic heterocycles. The van der Waals surface area contributed by atoms with Crippen molar-refractivity contribution in [3.63, 3.8) is 0 Å². The Morgan fingerprint density at radius 1 is 1.22 bits per heavy atom. The lowest BCUT2D eigenvalue weighted by Crippen LogP contribution is -2.52. The Balaban J connectivity index is 1.37. The van der Waals surface area contributed by atoms with Gasteiger partial charge in [0.2, 0.25) is 11.8 Å². The predicted molar refractivity (Wildman–Crippen MR) is 148 cm³/mol. The van der Waals surface area contributed by atoms with Gasteiger partial charge < -0.3 is 25.6 Å². The summed E-state index contributed by atoms with van der Waals surface area (Å²) in [6.07, 6.45) is 0.837. The van der Waals surface area contributed by atoms with Gasteiger partial charge in [-0.15, -0.1) is 5.10 Å². The van der Waals surface area contributed by atoms with Crippen LogP contribution in [0.4, 0.5) is 0 Å². The van der Waals surface area contributed by atoms with Crippen molar-refractivity contribution in [2.24, 2.45) is 5.73 Å². The monoisotopic (exact) mass is 583 g/mol. The Hall–Kier alpha value is -4.11. The van der Waals surface area contributed by atoms with Crippen LogP contribution in [0.5, 0.6) is 0 Å². The Morgan fingerprint density at radius 3 is 2.71 bits per heavy atom. The van der Waals surface area contributed by atoms with Crippen molar-refractivity contribution in [2.45, 2.75) is 48.0 Å². The molecule has 2 amide bonds. The summed E-state index contributed by atoms with van der Waals surface area (Å²) in [5, 5.41) is 23.9. The van der Waals surface area contributed by atoms with E-state index in [2.05, 4.69) is 25.9 Å². The van der Waals surface area contributed by atoms with E-state index in [1.165, 1.54) is 17.0 Å². The number of carbonyl (C=O) groups excluding carboxylic acids is 2. The number of hydrogen-bond donors (Lipinski definition) is 4. The Kier molecular flexibility index (Phi) is 8.44. The van der Waals surface area contributed by atoms with E-state index in [1.807, 2.05) is 18.2 Å². The SMILES string of the molecule is N=C(N)N1CCOC(CNC(=O)CC(C(=O)N(CCc2nnn[nH]2)C2CC2)S(=O)(=O)c2ccc3ccccc3c2)C1. The highest BCUT2D eigenvalue weighted by Gasteiger charge is 2.43. The van der Waals surface area contributed by atoms with Crippen LogP contribution in [0.2, 0.25) is 0 Å². The van der Waals surface area contributed by atoms with Crippen LogP contribution < -0.4 is 11.1 Å². The maximum absolute atomic E-state index is 14.0. The molecule has 3 aromatic rings. The number of aromatic nitrogens is 4. The van der Waals surface area contributed by atoms with Gasteiger partial charge in [0.15, 0.2) is 21.0 Å². The highest BCUT2D eigenvalue weighted by molar-refractivity contribution is 7.92. The Bertz CT molecular complexity index is 1510. The fraction of sp³-hybridized carbons (Fsp3) is 0.462. The molecule has 41 heavy (non-hydrogen) atoms. The standard InChI is InChI=1S/C26H33N9O5S/c27-26(28)34-11-12-40-20(16-34)15-29-24(36)14-22(25(37)35(19-6-7-19)10-9-23-30-32-33-31-23)41(38,39)21-8-5-17-3-1-2-4-18(17)13-21/h1-5,8,13,19-20,22H,6-7,9-12,14-16H2,(H3,27,28)(H,29,36)(H,30,31,32,33). The molecule has 1 aliphatic carbocycles. The van der Waals surface area contributed by atoms with Gasteiger partial charge in [-0.05, 0) is 46.2 Å². The first-order chi connectivity index (χ1) is 19.7. The van der Waals surface area contributed by atoms with Gasteiger partial charge in [0, 0.05) is 38.6 Å². The summed E-state index contributed by atoms with van der Waals surface area (Å²) in [6.45, 7) is 1.43. The van der Waals surface area contributed by atoms with E-state index >= 15 is 0 Å².